The number of hydrogen-bond acceptors (Lipinski definition) is 4. The maximum Gasteiger partial charge on any atom is 0.238 e. The summed E-state index contributed by atoms with van der Waals surface area (Å²) in [6.07, 6.45) is 0. The molecule has 0 saturated heterocycles. The number of para-hydroxylation sites is 1. The second kappa shape index (κ2) is 10.3. The normalized spacial score (nSPS) is 12.0. The van der Waals surface area contributed by atoms with Gasteiger partial charge in [-0.05, 0) is 56.6 Å². The Kier molecular flexibility index (Phi) is 5.60. The number of benzene rings is 8. The Labute approximate surface area is 285 Å². The smallest absolute Gasteiger partial charge is 0.238 e. The van der Waals surface area contributed by atoms with Crippen LogP contribution in [0.5, 0.6) is 0 Å². The van der Waals surface area contributed by atoms with Crippen LogP contribution in [0.4, 0.5) is 0 Å². The van der Waals surface area contributed by atoms with Crippen molar-refractivity contribution in [3.8, 4) is 28.7 Å². The highest BCUT2D eigenvalue weighted by molar-refractivity contribution is 6.28. The van der Waals surface area contributed by atoms with Gasteiger partial charge in [0.25, 0.3) is 0 Å². The number of aromatic nitrogens is 4. The molecule has 0 bridgehead atoms. The van der Waals surface area contributed by atoms with Crippen molar-refractivity contribution in [2.75, 3.05) is 0 Å². The van der Waals surface area contributed by atoms with Crippen molar-refractivity contribution in [3.05, 3.63) is 158 Å². The maximum absolute atomic E-state index is 6.65. The lowest BCUT2D eigenvalue weighted by Crippen LogP contribution is -2.06. The summed E-state index contributed by atoms with van der Waals surface area (Å²) < 4.78 is 8.86. The highest BCUT2D eigenvalue weighted by Crippen LogP contribution is 2.42. The summed E-state index contributed by atoms with van der Waals surface area (Å²) in [5.74, 6) is 1.71. The summed E-state index contributed by atoms with van der Waals surface area (Å²) in [4.78, 5) is 15.7. The van der Waals surface area contributed by atoms with E-state index in [1.807, 2.05) is 42.5 Å². The number of fused-ring (bicyclic) bond motifs is 12. The second-order valence-corrected chi connectivity index (χ2v) is 12.8. The number of furan rings is 1. The van der Waals surface area contributed by atoms with Gasteiger partial charge in [-0.3, -0.25) is 4.57 Å². The maximum atomic E-state index is 6.65. The van der Waals surface area contributed by atoms with Crippen LogP contribution in [0.25, 0.3) is 105 Å². The topological polar surface area (TPSA) is 56.7 Å². The third-order valence-electron chi connectivity index (χ3n) is 10.0. The molecule has 0 fully saturated rings. The first kappa shape index (κ1) is 27.1. The SMILES string of the molecule is c1ccc(-c2nc(-c3cc4ccccc4c4c3oc3ccccc34)nc(-n3c4ccc5ccccc5c4c4c5ccccc5ccc43)n2)cc1. The standard InChI is InChI=1S/C45H26N4O/c1-2-14-29(15-3-1)43-46-44(35-26-30-16-6-9-19-33(30)39-34-20-10-11-21-38(34)50-42(35)39)48-45(47-43)49-36-24-22-27-12-4-7-17-31(27)40(36)41-32-18-8-5-13-28(32)23-25-37(41)49/h1-26H. The predicted molar refractivity (Wildman–Crippen MR) is 205 cm³/mol. The molecule has 8 aromatic carbocycles. The van der Waals surface area contributed by atoms with Crippen LogP contribution in [0, 0.1) is 0 Å². The Morgan fingerprint density at radius 2 is 0.960 bits per heavy atom. The molecule has 0 saturated carbocycles. The molecule has 0 radical (unpaired) electrons. The van der Waals surface area contributed by atoms with E-state index < -0.39 is 0 Å². The van der Waals surface area contributed by atoms with Crippen LogP contribution in [0.3, 0.4) is 0 Å². The van der Waals surface area contributed by atoms with Gasteiger partial charge in [-0.1, -0.05) is 133 Å². The lowest BCUT2D eigenvalue weighted by atomic mass is 10.00. The summed E-state index contributed by atoms with van der Waals surface area (Å²) in [6, 6.07) is 54.9. The van der Waals surface area contributed by atoms with Gasteiger partial charge in [0, 0.05) is 27.1 Å². The van der Waals surface area contributed by atoms with Gasteiger partial charge < -0.3 is 4.42 Å². The molecule has 11 rings (SSSR count). The molecule has 5 heteroatoms. The Morgan fingerprint density at radius 1 is 0.420 bits per heavy atom. The second-order valence-electron chi connectivity index (χ2n) is 12.8. The molecule has 5 nitrogen and oxygen atoms in total. The number of rotatable bonds is 3. The summed E-state index contributed by atoms with van der Waals surface area (Å²) in [5, 5.41) is 11.5. The van der Waals surface area contributed by atoms with Crippen molar-refractivity contribution in [1.82, 2.24) is 19.5 Å². The largest absolute Gasteiger partial charge is 0.455 e. The van der Waals surface area contributed by atoms with Crippen LogP contribution in [-0.4, -0.2) is 19.5 Å². The van der Waals surface area contributed by atoms with Gasteiger partial charge in [0.15, 0.2) is 11.6 Å². The molecule has 0 aliphatic carbocycles. The van der Waals surface area contributed by atoms with Gasteiger partial charge in [-0.15, -0.1) is 0 Å². The van der Waals surface area contributed by atoms with Crippen LogP contribution in [0.2, 0.25) is 0 Å². The van der Waals surface area contributed by atoms with Crippen molar-refractivity contribution in [2.24, 2.45) is 0 Å². The van der Waals surface area contributed by atoms with E-state index in [4.69, 9.17) is 19.4 Å². The first-order valence-corrected chi connectivity index (χ1v) is 16.8. The lowest BCUT2D eigenvalue weighted by molar-refractivity contribution is 0.669. The first-order chi connectivity index (χ1) is 24.8. The average molecular weight is 639 g/mol. The lowest BCUT2D eigenvalue weighted by Gasteiger charge is -2.12. The zero-order valence-corrected chi connectivity index (χ0v) is 26.7. The highest BCUT2D eigenvalue weighted by atomic mass is 16.3. The molecule has 0 atom stereocenters. The molecule has 0 N–H and O–H groups in total. The Bertz CT molecular complexity index is 3060. The van der Waals surface area contributed by atoms with Gasteiger partial charge in [-0.2, -0.15) is 9.97 Å². The molecule has 0 unspecified atom stereocenters. The molecule has 50 heavy (non-hydrogen) atoms. The van der Waals surface area contributed by atoms with E-state index in [0.29, 0.717) is 17.6 Å². The van der Waals surface area contributed by atoms with E-state index in [9.17, 15) is 0 Å². The fourth-order valence-corrected chi connectivity index (χ4v) is 7.81. The van der Waals surface area contributed by atoms with Gasteiger partial charge in [0.2, 0.25) is 5.95 Å². The predicted octanol–water partition coefficient (Wildman–Crippen LogP) is 11.7. The summed E-state index contributed by atoms with van der Waals surface area (Å²) in [5.41, 5.74) is 5.42. The Morgan fingerprint density at radius 3 is 1.64 bits per heavy atom. The van der Waals surface area contributed by atoms with E-state index >= 15 is 0 Å². The summed E-state index contributed by atoms with van der Waals surface area (Å²) >= 11 is 0. The van der Waals surface area contributed by atoms with Crippen LogP contribution in [0.15, 0.2) is 162 Å². The quantitative estimate of drug-likeness (QED) is 0.193. The van der Waals surface area contributed by atoms with E-state index in [2.05, 4.69) is 120 Å². The summed E-state index contributed by atoms with van der Waals surface area (Å²) in [6.45, 7) is 0. The third kappa shape index (κ3) is 3.86. The van der Waals surface area contributed by atoms with Crippen molar-refractivity contribution >= 4 is 76.1 Å². The molecular formula is C45H26N4O. The molecule has 11 aromatic rings. The van der Waals surface area contributed by atoms with Crippen LogP contribution in [0.1, 0.15) is 0 Å². The van der Waals surface area contributed by atoms with E-state index in [1.165, 1.54) is 32.3 Å². The van der Waals surface area contributed by atoms with Crippen LogP contribution in [-0.2, 0) is 0 Å². The fourth-order valence-electron chi connectivity index (χ4n) is 7.81. The summed E-state index contributed by atoms with van der Waals surface area (Å²) in [7, 11) is 0. The zero-order valence-electron chi connectivity index (χ0n) is 26.7. The van der Waals surface area contributed by atoms with E-state index in [0.717, 1.165) is 54.9 Å². The van der Waals surface area contributed by atoms with Crippen molar-refractivity contribution in [3.63, 3.8) is 0 Å². The van der Waals surface area contributed by atoms with E-state index in [-0.39, 0.29) is 0 Å². The number of hydrogen-bond donors (Lipinski definition) is 0. The fraction of sp³-hybridized carbons (Fsp3) is 0. The van der Waals surface area contributed by atoms with Crippen LogP contribution >= 0.6 is 0 Å². The molecule has 0 amide bonds. The molecular weight excluding hydrogens is 613 g/mol. The third-order valence-corrected chi connectivity index (χ3v) is 10.0. The molecule has 0 aliphatic rings. The number of nitrogens with zero attached hydrogens (tertiary/aromatic N) is 4. The minimum absolute atomic E-state index is 0.553. The molecule has 3 heterocycles. The van der Waals surface area contributed by atoms with Crippen molar-refractivity contribution in [1.29, 1.82) is 0 Å². The average Bonchev–Trinajstić information content (AvgIpc) is 3.75. The van der Waals surface area contributed by atoms with Gasteiger partial charge in [0.1, 0.15) is 11.2 Å². The monoisotopic (exact) mass is 638 g/mol. The minimum atomic E-state index is 0.553. The van der Waals surface area contributed by atoms with Gasteiger partial charge in [-0.25, -0.2) is 4.98 Å². The minimum Gasteiger partial charge on any atom is -0.455 e. The zero-order chi connectivity index (χ0) is 32.8. The van der Waals surface area contributed by atoms with Crippen molar-refractivity contribution < 1.29 is 4.42 Å². The Balaban J connectivity index is 1.30. The first-order valence-electron chi connectivity index (χ1n) is 16.8. The van der Waals surface area contributed by atoms with Gasteiger partial charge >= 0.3 is 0 Å². The molecule has 232 valence electrons. The highest BCUT2D eigenvalue weighted by Gasteiger charge is 2.23. The molecule has 0 aliphatic heterocycles. The van der Waals surface area contributed by atoms with E-state index in [1.54, 1.807) is 0 Å². The van der Waals surface area contributed by atoms with Crippen molar-refractivity contribution in [2.45, 2.75) is 0 Å². The van der Waals surface area contributed by atoms with Gasteiger partial charge in [0.05, 0.1) is 16.6 Å². The van der Waals surface area contributed by atoms with Crippen LogP contribution < -0.4 is 0 Å². The molecule has 0 spiro atoms. The molecule has 3 aromatic heterocycles. The Hall–Kier alpha value is -6.85.